The van der Waals surface area contributed by atoms with Gasteiger partial charge in [-0.25, -0.2) is 8.42 Å². The van der Waals surface area contributed by atoms with E-state index in [0.717, 1.165) is 16.4 Å². The fourth-order valence-corrected chi connectivity index (χ4v) is 4.08. The number of halogens is 3. The Hall–Kier alpha value is -1.12. The van der Waals surface area contributed by atoms with Crippen LogP contribution in [0.2, 0.25) is 0 Å². The summed E-state index contributed by atoms with van der Waals surface area (Å²) in [6, 6.07) is 3.90. The van der Waals surface area contributed by atoms with Crippen molar-refractivity contribution in [3.05, 3.63) is 29.8 Å². The van der Waals surface area contributed by atoms with Gasteiger partial charge in [-0.05, 0) is 19.1 Å². The number of hydrogen-bond donors (Lipinski definition) is 1. The van der Waals surface area contributed by atoms with E-state index in [1.165, 1.54) is 12.1 Å². The molecule has 2 rings (SSSR count). The summed E-state index contributed by atoms with van der Waals surface area (Å²) in [5, 5.41) is 3.00. The van der Waals surface area contributed by atoms with Crippen molar-refractivity contribution in [2.75, 3.05) is 19.6 Å². The number of alkyl halides is 3. The van der Waals surface area contributed by atoms with Crippen LogP contribution in [0.15, 0.2) is 29.2 Å². The van der Waals surface area contributed by atoms with E-state index >= 15 is 0 Å². The minimum atomic E-state index is -4.69. The summed E-state index contributed by atoms with van der Waals surface area (Å²) >= 11 is 0. The molecule has 1 fully saturated rings. The molecule has 0 aromatic heterocycles. The van der Waals surface area contributed by atoms with Gasteiger partial charge in [0.1, 0.15) is 0 Å². The third-order valence-corrected chi connectivity index (χ3v) is 5.29. The molecule has 1 saturated heterocycles. The van der Waals surface area contributed by atoms with Crippen molar-refractivity contribution < 1.29 is 21.6 Å². The van der Waals surface area contributed by atoms with E-state index in [2.05, 4.69) is 5.32 Å². The van der Waals surface area contributed by atoms with Gasteiger partial charge in [-0.1, -0.05) is 12.1 Å². The van der Waals surface area contributed by atoms with Gasteiger partial charge in [0.25, 0.3) is 0 Å². The first-order valence-electron chi connectivity index (χ1n) is 6.13. The molecule has 4 nitrogen and oxygen atoms in total. The molecule has 0 aliphatic carbocycles. The van der Waals surface area contributed by atoms with Crippen molar-refractivity contribution in [3.63, 3.8) is 0 Å². The largest absolute Gasteiger partial charge is 0.417 e. The Balaban J connectivity index is 2.50. The highest BCUT2D eigenvalue weighted by Gasteiger charge is 2.40. The Morgan fingerprint density at radius 2 is 1.95 bits per heavy atom. The van der Waals surface area contributed by atoms with Gasteiger partial charge in [-0.3, -0.25) is 0 Å². The summed E-state index contributed by atoms with van der Waals surface area (Å²) in [6.45, 7) is 2.68. The van der Waals surface area contributed by atoms with E-state index in [-0.39, 0.29) is 12.6 Å². The molecule has 0 saturated carbocycles. The maximum atomic E-state index is 12.9. The zero-order chi connectivity index (χ0) is 15.0. The van der Waals surface area contributed by atoms with Crippen molar-refractivity contribution in [3.8, 4) is 0 Å². The highest BCUT2D eigenvalue weighted by atomic mass is 32.2. The zero-order valence-electron chi connectivity index (χ0n) is 10.8. The molecule has 1 heterocycles. The van der Waals surface area contributed by atoms with Crippen LogP contribution in [0.4, 0.5) is 13.2 Å². The monoisotopic (exact) mass is 308 g/mol. The number of rotatable bonds is 2. The van der Waals surface area contributed by atoms with E-state index < -0.39 is 26.7 Å². The Morgan fingerprint density at radius 3 is 2.55 bits per heavy atom. The van der Waals surface area contributed by atoms with Gasteiger partial charge < -0.3 is 5.32 Å². The number of benzene rings is 1. The molecule has 8 heteroatoms. The topological polar surface area (TPSA) is 49.4 Å². The van der Waals surface area contributed by atoms with Gasteiger partial charge in [0.15, 0.2) is 0 Å². The van der Waals surface area contributed by atoms with Crippen LogP contribution >= 0.6 is 0 Å². The van der Waals surface area contributed by atoms with Gasteiger partial charge in [0.2, 0.25) is 10.0 Å². The molecule has 1 atom stereocenters. The molecule has 20 heavy (non-hydrogen) atoms. The van der Waals surface area contributed by atoms with Gasteiger partial charge >= 0.3 is 6.18 Å². The Kier molecular flexibility index (Phi) is 4.08. The molecule has 1 aromatic carbocycles. The molecule has 112 valence electrons. The number of piperazine rings is 1. The lowest BCUT2D eigenvalue weighted by Gasteiger charge is -2.33. The predicted molar refractivity (Wildman–Crippen MR) is 67.7 cm³/mol. The molecular formula is C12H15F3N2O2S. The van der Waals surface area contributed by atoms with E-state index in [4.69, 9.17) is 0 Å². The lowest BCUT2D eigenvalue weighted by atomic mass is 10.2. The van der Waals surface area contributed by atoms with Crippen LogP contribution in [-0.2, 0) is 16.2 Å². The van der Waals surface area contributed by atoms with Crippen molar-refractivity contribution in [2.45, 2.75) is 24.0 Å². The highest BCUT2D eigenvalue weighted by Crippen LogP contribution is 2.35. The van der Waals surface area contributed by atoms with E-state index in [0.29, 0.717) is 13.1 Å². The van der Waals surface area contributed by atoms with Gasteiger partial charge in [-0.2, -0.15) is 17.5 Å². The van der Waals surface area contributed by atoms with E-state index in [1.54, 1.807) is 6.92 Å². The average Bonchev–Trinajstić information content (AvgIpc) is 2.38. The van der Waals surface area contributed by atoms with Gasteiger partial charge in [0, 0.05) is 25.7 Å². The average molecular weight is 308 g/mol. The third kappa shape index (κ3) is 2.82. The van der Waals surface area contributed by atoms with E-state index in [1.807, 2.05) is 0 Å². The number of nitrogens with one attached hydrogen (secondary N) is 1. The zero-order valence-corrected chi connectivity index (χ0v) is 11.6. The summed E-state index contributed by atoms with van der Waals surface area (Å²) < 4.78 is 64.9. The second-order valence-electron chi connectivity index (χ2n) is 4.66. The SMILES string of the molecule is C[C@H]1CNCCN1S(=O)(=O)c1ccccc1C(F)(F)F. The molecule has 0 spiro atoms. The summed E-state index contributed by atoms with van der Waals surface area (Å²) in [6.07, 6.45) is -4.69. The summed E-state index contributed by atoms with van der Waals surface area (Å²) in [5.41, 5.74) is -1.12. The van der Waals surface area contributed by atoms with Crippen LogP contribution in [0.25, 0.3) is 0 Å². The van der Waals surface area contributed by atoms with Crippen molar-refractivity contribution in [1.82, 2.24) is 9.62 Å². The van der Waals surface area contributed by atoms with Crippen LogP contribution in [0.1, 0.15) is 12.5 Å². The van der Waals surface area contributed by atoms with Crippen molar-refractivity contribution >= 4 is 10.0 Å². The minimum Gasteiger partial charge on any atom is -0.314 e. The molecule has 1 aliphatic heterocycles. The molecule has 0 radical (unpaired) electrons. The van der Waals surface area contributed by atoms with Crippen LogP contribution in [0.3, 0.4) is 0 Å². The fourth-order valence-electron chi connectivity index (χ4n) is 2.23. The first-order chi connectivity index (χ1) is 9.24. The second-order valence-corrected chi connectivity index (χ2v) is 6.52. The molecule has 0 bridgehead atoms. The maximum absolute atomic E-state index is 12.9. The summed E-state index contributed by atoms with van der Waals surface area (Å²) in [5.74, 6) is 0. The number of nitrogens with zero attached hydrogens (tertiary/aromatic N) is 1. The normalized spacial score (nSPS) is 21.9. The van der Waals surface area contributed by atoms with Crippen LogP contribution in [0.5, 0.6) is 0 Å². The number of sulfonamides is 1. The highest BCUT2D eigenvalue weighted by molar-refractivity contribution is 7.89. The smallest absolute Gasteiger partial charge is 0.314 e. The minimum absolute atomic E-state index is 0.162. The second kappa shape index (κ2) is 5.34. The first-order valence-corrected chi connectivity index (χ1v) is 7.57. The predicted octanol–water partition coefficient (Wildman–Crippen LogP) is 1.69. The van der Waals surface area contributed by atoms with Gasteiger partial charge in [0.05, 0.1) is 10.5 Å². The van der Waals surface area contributed by atoms with Crippen molar-refractivity contribution in [2.24, 2.45) is 0 Å². The maximum Gasteiger partial charge on any atom is 0.417 e. The van der Waals surface area contributed by atoms with Gasteiger partial charge in [-0.15, -0.1) is 0 Å². The van der Waals surface area contributed by atoms with Crippen LogP contribution < -0.4 is 5.32 Å². The molecule has 1 N–H and O–H groups in total. The molecule has 1 aliphatic rings. The van der Waals surface area contributed by atoms with E-state index in [9.17, 15) is 21.6 Å². The van der Waals surface area contributed by atoms with Crippen LogP contribution in [-0.4, -0.2) is 38.4 Å². The lowest BCUT2D eigenvalue weighted by Crippen LogP contribution is -2.52. The molecular weight excluding hydrogens is 293 g/mol. The number of hydrogen-bond acceptors (Lipinski definition) is 3. The summed E-state index contributed by atoms with van der Waals surface area (Å²) in [7, 11) is -4.15. The molecule has 0 unspecified atom stereocenters. The van der Waals surface area contributed by atoms with Crippen LogP contribution in [0, 0.1) is 0 Å². The Bertz CT molecular complexity index is 587. The third-order valence-electron chi connectivity index (χ3n) is 3.22. The molecule has 1 aromatic rings. The Morgan fingerprint density at radius 1 is 1.30 bits per heavy atom. The van der Waals surface area contributed by atoms with Crippen molar-refractivity contribution in [1.29, 1.82) is 0 Å². The fraction of sp³-hybridized carbons (Fsp3) is 0.500. The standard InChI is InChI=1S/C12H15F3N2O2S/c1-9-8-16-6-7-17(9)20(18,19)11-5-3-2-4-10(11)12(13,14)15/h2-5,9,16H,6-8H2,1H3/t9-/m0/s1. The Labute approximate surface area is 115 Å². The quantitative estimate of drug-likeness (QED) is 0.904. The first kappa shape index (κ1) is 15.3. The molecule has 0 amide bonds. The summed E-state index contributed by atoms with van der Waals surface area (Å²) in [4.78, 5) is -0.679. The lowest BCUT2D eigenvalue weighted by molar-refractivity contribution is -0.139.